The molecule has 1 aliphatic rings. The van der Waals surface area contributed by atoms with Gasteiger partial charge in [0.2, 0.25) is 0 Å². The number of rotatable bonds is 6. The first-order chi connectivity index (χ1) is 12.1. The molecule has 0 aromatic carbocycles. The molecule has 1 N–H and O–H groups in total. The number of nitrogens with zero attached hydrogens (tertiary/aromatic N) is 5. The minimum absolute atomic E-state index is 0.166. The van der Waals surface area contributed by atoms with Gasteiger partial charge < -0.3 is 5.32 Å². The first kappa shape index (κ1) is 17.5. The Morgan fingerprint density at radius 1 is 1.44 bits per heavy atom. The van der Waals surface area contributed by atoms with Gasteiger partial charge in [-0.15, -0.1) is 0 Å². The van der Waals surface area contributed by atoms with E-state index >= 15 is 0 Å². The average molecular weight is 342 g/mol. The van der Waals surface area contributed by atoms with Crippen molar-refractivity contribution in [1.82, 2.24) is 30.0 Å². The Labute approximate surface area is 148 Å². The maximum absolute atomic E-state index is 12.4. The van der Waals surface area contributed by atoms with Crippen LogP contribution in [-0.4, -0.2) is 44.1 Å². The highest BCUT2D eigenvalue weighted by Crippen LogP contribution is 2.31. The van der Waals surface area contributed by atoms with Gasteiger partial charge in [0.25, 0.3) is 5.91 Å². The van der Waals surface area contributed by atoms with Gasteiger partial charge in [-0.3, -0.25) is 14.4 Å². The van der Waals surface area contributed by atoms with Crippen LogP contribution in [0.1, 0.15) is 59.8 Å². The Hall–Kier alpha value is -2.28. The molecule has 0 bridgehead atoms. The van der Waals surface area contributed by atoms with Crippen molar-refractivity contribution in [3.63, 3.8) is 0 Å². The van der Waals surface area contributed by atoms with Gasteiger partial charge in [0, 0.05) is 31.0 Å². The average Bonchev–Trinajstić information content (AvgIpc) is 3.23. The summed E-state index contributed by atoms with van der Waals surface area (Å²) in [6.07, 6.45) is 6.92. The molecule has 1 aliphatic heterocycles. The molecular formula is C18H26N6O. The highest BCUT2D eigenvalue weighted by atomic mass is 16.1. The van der Waals surface area contributed by atoms with Crippen molar-refractivity contribution in [2.75, 3.05) is 13.6 Å². The summed E-state index contributed by atoms with van der Waals surface area (Å²) in [5.74, 6) is 0.602. The van der Waals surface area contributed by atoms with E-state index < -0.39 is 0 Å². The second-order valence-electron chi connectivity index (χ2n) is 6.61. The number of hydrogen-bond donors (Lipinski definition) is 1. The molecule has 25 heavy (non-hydrogen) atoms. The fraction of sp³-hybridized carbons (Fsp3) is 0.556. The van der Waals surface area contributed by atoms with Gasteiger partial charge in [0.1, 0.15) is 11.5 Å². The molecule has 0 aliphatic carbocycles. The lowest BCUT2D eigenvalue weighted by molar-refractivity contribution is 0.0944. The van der Waals surface area contributed by atoms with Crippen molar-refractivity contribution >= 4 is 5.91 Å². The summed E-state index contributed by atoms with van der Waals surface area (Å²) >= 11 is 0. The van der Waals surface area contributed by atoms with Crippen LogP contribution in [0.2, 0.25) is 0 Å². The van der Waals surface area contributed by atoms with Gasteiger partial charge >= 0.3 is 0 Å². The smallest absolute Gasteiger partial charge is 0.272 e. The van der Waals surface area contributed by atoms with Crippen molar-refractivity contribution in [3.05, 3.63) is 41.2 Å². The maximum atomic E-state index is 12.4. The normalized spacial score (nSPS) is 17.8. The lowest BCUT2D eigenvalue weighted by Gasteiger charge is -2.21. The first-order valence-corrected chi connectivity index (χ1v) is 8.92. The molecule has 2 aromatic rings. The molecule has 134 valence electrons. The Balaban J connectivity index is 1.71. The van der Waals surface area contributed by atoms with Crippen LogP contribution in [0.25, 0.3) is 0 Å². The molecule has 0 radical (unpaired) electrons. The van der Waals surface area contributed by atoms with E-state index in [0.29, 0.717) is 18.3 Å². The number of carbonyl (C=O) groups excluding carboxylic acids is 1. The predicted octanol–water partition coefficient (Wildman–Crippen LogP) is 2.09. The van der Waals surface area contributed by atoms with Crippen LogP contribution in [-0.2, 0) is 13.1 Å². The quantitative estimate of drug-likeness (QED) is 0.870. The van der Waals surface area contributed by atoms with E-state index in [1.807, 2.05) is 19.3 Å². The van der Waals surface area contributed by atoms with E-state index in [-0.39, 0.29) is 5.91 Å². The zero-order valence-electron chi connectivity index (χ0n) is 15.2. The van der Waals surface area contributed by atoms with Gasteiger partial charge in [0.05, 0.1) is 11.7 Å². The summed E-state index contributed by atoms with van der Waals surface area (Å²) < 4.78 is 1.79. The third-order valence-corrected chi connectivity index (χ3v) is 4.62. The number of nitrogens with one attached hydrogen (secondary N) is 1. The number of hydrogen-bond acceptors (Lipinski definition) is 5. The van der Waals surface area contributed by atoms with Crippen molar-refractivity contribution in [1.29, 1.82) is 0 Å². The number of aromatic nitrogens is 4. The zero-order valence-corrected chi connectivity index (χ0v) is 15.2. The number of likely N-dealkylation sites (tertiary alicyclic amines) is 1. The SMILES string of the molecule is CCCn1ccc(C(=O)NCc2cnc(C)nc2C2CCCN2C)n1. The van der Waals surface area contributed by atoms with Crippen LogP contribution >= 0.6 is 0 Å². The second-order valence-corrected chi connectivity index (χ2v) is 6.61. The van der Waals surface area contributed by atoms with Crippen LogP contribution < -0.4 is 5.32 Å². The van der Waals surface area contributed by atoms with E-state index in [0.717, 1.165) is 43.0 Å². The van der Waals surface area contributed by atoms with E-state index in [2.05, 4.69) is 39.3 Å². The van der Waals surface area contributed by atoms with Gasteiger partial charge in [-0.05, 0) is 45.8 Å². The summed E-state index contributed by atoms with van der Waals surface area (Å²) in [5, 5.41) is 7.26. The molecule has 1 amide bonds. The molecule has 1 unspecified atom stereocenters. The third-order valence-electron chi connectivity index (χ3n) is 4.62. The molecule has 1 saturated heterocycles. The van der Waals surface area contributed by atoms with Gasteiger partial charge in [-0.2, -0.15) is 5.10 Å². The summed E-state index contributed by atoms with van der Waals surface area (Å²) in [5.41, 5.74) is 2.45. The maximum Gasteiger partial charge on any atom is 0.272 e. The molecule has 3 rings (SSSR count). The molecule has 1 fully saturated rings. The Morgan fingerprint density at radius 3 is 3.00 bits per heavy atom. The molecule has 7 heteroatoms. The molecule has 0 spiro atoms. The van der Waals surface area contributed by atoms with Crippen molar-refractivity contribution in [3.8, 4) is 0 Å². The minimum atomic E-state index is -0.166. The molecule has 0 saturated carbocycles. The fourth-order valence-electron chi connectivity index (χ4n) is 3.30. The highest BCUT2D eigenvalue weighted by Gasteiger charge is 2.26. The lowest BCUT2D eigenvalue weighted by Crippen LogP contribution is -2.26. The lowest BCUT2D eigenvalue weighted by atomic mass is 10.1. The van der Waals surface area contributed by atoms with Crippen LogP contribution in [0.5, 0.6) is 0 Å². The van der Waals surface area contributed by atoms with Crippen LogP contribution in [0, 0.1) is 6.92 Å². The highest BCUT2D eigenvalue weighted by molar-refractivity contribution is 5.92. The largest absolute Gasteiger partial charge is 0.346 e. The van der Waals surface area contributed by atoms with Gasteiger partial charge in [-0.1, -0.05) is 6.92 Å². The van der Waals surface area contributed by atoms with E-state index in [9.17, 15) is 4.79 Å². The van der Waals surface area contributed by atoms with Crippen LogP contribution in [0.3, 0.4) is 0 Å². The summed E-state index contributed by atoms with van der Waals surface area (Å²) in [7, 11) is 2.12. The second kappa shape index (κ2) is 7.74. The van der Waals surface area contributed by atoms with E-state index in [4.69, 9.17) is 0 Å². The Morgan fingerprint density at radius 2 is 2.28 bits per heavy atom. The summed E-state index contributed by atoms with van der Waals surface area (Å²) in [6, 6.07) is 2.06. The monoisotopic (exact) mass is 342 g/mol. The topological polar surface area (TPSA) is 75.9 Å². The van der Waals surface area contributed by atoms with Crippen LogP contribution in [0.15, 0.2) is 18.5 Å². The van der Waals surface area contributed by atoms with Crippen molar-refractivity contribution in [2.24, 2.45) is 0 Å². The molecular weight excluding hydrogens is 316 g/mol. The van der Waals surface area contributed by atoms with Crippen molar-refractivity contribution in [2.45, 2.75) is 52.2 Å². The standard InChI is InChI=1S/C18H26N6O/c1-4-8-24-10-7-15(22-24)18(25)20-12-14-11-19-13(2)21-17(14)16-6-5-9-23(16)3/h7,10-11,16H,4-6,8-9,12H2,1-3H3,(H,20,25). The first-order valence-electron chi connectivity index (χ1n) is 8.92. The van der Waals surface area contributed by atoms with Crippen molar-refractivity contribution < 1.29 is 4.79 Å². The molecule has 1 atom stereocenters. The number of carbonyl (C=O) groups is 1. The van der Waals surface area contributed by atoms with Gasteiger partial charge in [0.15, 0.2) is 0 Å². The number of aryl methyl sites for hydroxylation is 2. The van der Waals surface area contributed by atoms with E-state index in [1.165, 1.54) is 6.42 Å². The third kappa shape index (κ3) is 4.04. The number of amides is 1. The molecule has 7 nitrogen and oxygen atoms in total. The van der Waals surface area contributed by atoms with E-state index in [1.54, 1.807) is 10.7 Å². The Bertz CT molecular complexity index is 741. The Kier molecular flexibility index (Phi) is 5.43. The predicted molar refractivity (Wildman–Crippen MR) is 95.1 cm³/mol. The fourth-order valence-corrected chi connectivity index (χ4v) is 3.30. The molecule has 2 aromatic heterocycles. The van der Waals surface area contributed by atoms with Gasteiger partial charge in [-0.25, -0.2) is 9.97 Å². The minimum Gasteiger partial charge on any atom is -0.346 e. The summed E-state index contributed by atoms with van der Waals surface area (Å²) in [4.78, 5) is 23.7. The summed E-state index contributed by atoms with van der Waals surface area (Å²) in [6.45, 7) is 6.30. The molecule has 3 heterocycles. The van der Waals surface area contributed by atoms with Crippen LogP contribution in [0.4, 0.5) is 0 Å². The zero-order chi connectivity index (χ0) is 17.8.